The molecule has 0 aliphatic heterocycles. The van der Waals surface area contributed by atoms with Gasteiger partial charge < -0.3 is 4.74 Å². The summed E-state index contributed by atoms with van der Waals surface area (Å²) < 4.78 is 6.11. The van der Waals surface area contributed by atoms with E-state index in [9.17, 15) is 0 Å². The van der Waals surface area contributed by atoms with E-state index in [2.05, 4.69) is 15.9 Å². The molecule has 1 nitrogen and oxygen atoms in total. The number of aryl methyl sites for hydroxylation is 1. The van der Waals surface area contributed by atoms with Crippen molar-refractivity contribution in [3.63, 3.8) is 0 Å². The van der Waals surface area contributed by atoms with Crippen molar-refractivity contribution < 1.29 is 4.74 Å². The molecule has 0 aliphatic rings. The lowest BCUT2D eigenvalue weighted by molar-refractivity contribution is 0.411. The van der Waals surface area contributed by atoms with E-state index in [0.29, 0.717) is 5.88 Å². The van der Waals surface area contributed by atoms with Crippen LogP contribution in [-0.4, -0.2) is 7.11 Å². The Morgan fingerprint density at radius 1 is 1.50 bits per heavy atom. The molecule has 66 valence electrons. The fourth-order valence-electron chi connectivity index (χ4n) is 1.05. The maximum atomic E-state index is 5.75. The maximum Gasteiger partial charge on any atom is 0.133 e. The van der Waals surface area contributed by atoms with Crippen molar-refractivity contribution in [3.8, 4) is 5.75 Å². The summed E-state index contributed by atoms with van der Waals surface area (Å²) in [5.41, 5.74) is 2.22. The van der Waals surface area contributed by atoms with Crippen LogP contribution in [0.4, 0.5) is 0 Å². The molecule has 0 aliphatic carbocycles. The molecule has 12 heavy (non-hydrogen) atoms. The summed E-state index contributed by atoms with van der Waals surface area (Å²) in [5.74, 6) is 1.34. The number of benzene rings is 1. The van der Waals surface area contributed by atoms with E-state index in [1.54, 1.807) is 7.11 Å². The van der Waals surface area contributed by atoms with Gasteiger partial charge in [0, 0.05) is 5.88 Å². The number of methoxy groups -OCH3 is 1. The van der Waals surface area contributed by atoms with Crippen LogP contribution >= 0.6 is 27.5 Å². The van der Waals surface area contributed by atoms with Crippen LogP contribution in [0, 0.1) is 6.92 Å². The minimum atomic E-state index is 0.499. The molecule has 0 radical (unpaired) electrons. The van der Waals surface area contributed by atoms with E-state index in [0.717, 1.165) is 21.3 Å². The van der Waals surface area contributed by atoms with Crippen LogP contribution in [0.1, 0.15) is 11.1 Å². The number of ether oxygens (including phenoxy) is 1. The van der Waals surface area contributed by atoms with Crippen molar-refractivity contribution in [1.29, 1.82) is 0 Å². The monoisotopic (exact) mass is 248 g/mol. The number of alkyl halides is 1. The predicted molar refractivity (Wildman–Crippen MR) is 55.0 cm³/mol. The third-order valence-electron chi connectivity index (χ3n) is 1.62. The molecular formula is C9H10BrClO. The molecule has 0 N–H and O–H groups in total. The molecule has 0 bridgehead atoms. The van der Waals surface area contributed by atoms with Crippen LogP contribution in [0.15, 0.2) is 16.6 Å². The van der Waals surface area contributed by atoms with Crippen LogP contribution in [0.2, 0.25) is 0 Å². The topological polar surface area (TPSA) is 9.23 Å². The van der Waals surface area contributed by atoms with Gasteiger partial charge in [-0.2, -0.15) is 0 Å². The fourth-order valence-corrected chi connectivity index (χ4v) is 1.96. The standard InChI is InChI=1S/C9H10BrClO/c1-6-3-7(5-11)9(10)8(4-6)12-2/h3-4H,5H2,1-2H3. The van der Waals surface area contributed by atoms with Crippen molar-refractivity contribution in [3.05, 3.63) is 27.7 Å². The number of rotatable bonds is 2. The molecule has 0 aromatic heterocycles. The van der Waals surface area contributed by atoms with Gasteiger partial charge in [-0.15, -0.1) is 11.6 Å². The Morgan fingerprint density at radius 2 is 2.17 bits per heavy atom. The second-order valence-corrected chi connectivity index (χ2v) is 3.63. The zero-order valence-electron chi connectivity index (χ0n) is 7.03. The molecule has 0 heterocycles. The van der Waals surface area contributed by atoms with Gasteiger partial charge in [-0.1, -0.05) is 6.07 Å². The van der Waals surface area contributed by atoms with Crippen molar-refractivity contribution in [2.75, 3.05) is 7.11 Å². The van der Waals surface area contributed by atoms with E-state index in [4.69, 9.17) is 16.3 Å². The van der Waals surface area contributed by atoms with Crippen LogP contribution < -0.4 is 4.74 Å². The minimum Gasteiger partial charge on any atom is -0.496 e. The second-order valence-electron chi connectivity index (χ2n) is 2.57. The van der Waals surface area contributed by atoms with Gasteiger partial charge in [0.15, 0.2) is 0 Å². The Labute approximate surface area is 85.8 Å². The minimum absolute atomic E-state index is 0.499. The van der Waals surface area contributed by atoms with E-state index >= 15 is 0 Å². The smallest absolute Gasteiger partial charge is 0.133 e. The van der Waals surface area contributed by atoms with Crippen molar-refractivity contribution in [2.45, 2.75) is 12.8 Å². The molecule has 0 saturated carbocycles. The summed E-state index contributed by atoms with van der Waals surface area (Å²) in [4.78, 5) is 0. The highest BCUT2D eigenvalue weighted by molar-refractivity contribution is 9.10. The highest BCUT2D eigenvalue weighted by Gasteiger charge is 2.05. The molecular weight excluding hydrogens is 239 g/mol. The van der Waals surface area contributed by atoms with E-state index in [-0.39, 0.29) is 0 Å². The van der Waals surface area contributed by atoms with Gasteiger partial charge in [0.25, 0.3) is 0 Å². The predicted octanol–water partition coefficient (Wildman–Crippen LogP) is 3.50. The summed E-state index contributed by atoms with van der Waals surface area (Å²) in [5, 5.41) is 0. The van der Waals surface area contributed by atoms with E-state index in [1.165, 1.54) is 0 Å². The first kappa shape index (κ1) is 9.87. The number of hydrogen-bond donors (Lipinski definition) is 0. The maximum absolute atomic E-state index is 5.75. The molecule has 1 rings (SSSR count). The summed E-state index contributed by atoms with van der Waals surface area (Å²) in [6, 6.07) is 4.01. The highest BCUT2D eigenvalue weighted by Crippen LogP contribution is 2.30. The Bertz CT molecular complexity index is 261. The lowest BCUT2D eigenvalue weighted by atomic mass is 10.1. The van der Waals surface area contributed by atoms with Crippen molar-refractivity contribution in [2.24, 2.45) is 0 Å². The normalized spacial score (nSPS) is 10.0. The quantitative estimate of drug-likeness (QED) is 0.729. The molecule has 0 spiro atoms. The molecule has 0 amide bonds. The number of halogens is 2. The van der Waals surface area contributed by atoms with Crippen LogP contribution in [-0.2, 0) is 5.88 Å². The SMILES string of the molecule is COc1cc(C)cc(CCl)c1Br. The Kier molecular flexibility index (Phi) is 3.41. The first-order valence-corrected chi connectivity index (χ1v) is 4.90. The van der Waals surface area contributed by atoms with Gasteiger partial charge in [-0.25, -0.2) is 0 Å². The third-order valence-corrected chi connectivity index (χ3v) is 2.81. The second kappa shape index (κ2) is 4.15. The van der Waals surface area contributed by atoms with Gasteiger partial charge in [-0.3, -0.25) is 0 Å². The average Bonchev–Trinajstić information content (AvgIpc) is 2.08. The van der Waals surface area contributed by atoms with Gasteiger partial charge in [-0.05, 0) is 40.0 Å². The Hall–Kier alpha value is -0.210. The molecule has 0 fully saturated rings. The number of hydrogen-bond acceptors (Lipinski definition) is 1. The highest BCUT2D eigenvalue weighted by atomic mass is 79.9. The first-order valence-electron chi connectivity index (χ1n) is 3.58. The first-order chi connectivity index (χ1) is 5.69. The summed E-state index contributed by atoms with van der Waals surface area (Å²) in [7, 11) is 1.65. The summed E-state index contributed by atoms with van der Waals surface area (Å²) in [6.45, 7) is 2.02. The molecule has 0 atom stereocenters. The lowest BCUT2D eigenvalue weighted by Gasteiger charge is -2.08. The molecule has 3 heteroatoms. The third kappa shape index (κ3) is 1.93. The van der Waals surface area contributed by atoms with Crippen LogP contribution in [0.5, 0.6) is 5.75 Å². The van der Waals surface area contributed by atoms with Gasteiger partial charge >= 0.3 is 0 Å². The van der Waals surface area contributed by atoms with E-state index < -0.39 is 0 Å². The zero-order chi connectivity index (χ0) is 9.14. The Balaban J connectivity index is 3.22. The molecule has 0 unspecified atom stereocenters. The van der Waals surface area contributed by atoms with E-state index in [1.807, 2.05) is 19.1 Å². The molecule has 1 aromatic rings. The fraction of sp³-hybridized carbons (Fsp3) is 0.333. The summed E-state index contributed by atoms with van der Waals surface area (Å²) in [6.07, 6.45) is 0. The zero-order valence-corrected chi connectivity index (χ0v) is 9.37. The van der Waals surface area contributed by atoms with Gasteiger partial charge in [0.2, 0.25) is 0 Å². The van der Waals surface area contributed by atoms with Gasteiger partial charge in [0.05, 0.1) is 11.6 Å². The molecule has 0 saturated heterocycles. The Morgan fingerprint density at radius 3 is 2.67 bits per heavy atom. The van der Waals surface area contributed by atoms with Crippen LogP contribution in [0.25, 0.3) is 0 Å². The lowest BCUT2D eigenvalue weighted by Crippen LogP contribution is -1.90. The summed E-state index contributed by atoms with van der Waals surface area (Å²) >= 11 is 9.17. The van der Waals surface area contributed by atoms with Crippen LogP contribution in [0.3, 0.4) is 0 Å². The average molecular weight is 250 g/mol. The van der Waals surface area contributed by atoms with Crippen molar-refractivity contribution >= 4 is 27.5 Å². The van der Waals surface area contributed by atoms with Gasteiger partial charge in [0.1, 0.15) is 5.75 Å². The van der Waals surface area contributed by atoms with Crippen molar-refractivity contribution in [1.82, 2.24) is 0 Å². The largest absolute Gasteiger partial charge is 0.496 e. The molecule has 1 aromatic carbocycles.